The van der Waals surface area contributed by atoms with E-state index in [-0.39, 0.29) is 10.3 Å². The molecule has 0 aliphatic heterocycles. The number of hydrogen-bond acceptors (Lipinski definition) is 3. The maximum Gasteiger partial charge on any atom is 0.337 e. The summed E-state index contributed by atoms with van der Waals surface area (Å²) in [5, 5.41) is 9.82. The van der Waals surface area contributed by atoms with E-state index in [1.165, 1.54) is 6.20 Å². The minimum atomic E-state index is -0.946. The van der Waals surface area contributed by atoms with E-state index in [1.54, 1.807) is 17.8 Å². The smallest absolute Gasteiger partial charge is 0.337 e. The van der Waals surface area contributed by atoms with Gasteiger partial charge in [-0.3, -0.25) is 4.98 Å². The van der Waals surface area contributed by atoms with E-state index >= 15 is 0 Å². The maximum absolute atomic E-state index is 10.9. The zero-order chi connectivity index (χ0) is 15.3. The Bertz CT molecular complexity index is 603. The number of pyridine rings is 1. The van der Waals surface area contributed by atoms with Crippen molar-refractivity contribution in [1.29, 1.82) is 0 Å². The average molecular weight is 291 g/mol. The van der Waals surface area contributed by atoms with Gasteiger partial charge in [-0.1, -0.05) is 46.8 Å². The maximum atomic E-state index is 10.9. The Balaban J connectivity index is 0.000000956. The van der Waals surface area contributed by atoms with Crippen molar-refractivity contribution in [2.75, 3.05) is 0 Å². The first-order chi connectivity index (χ1) is 9.37. The Morgan fingerprint density at radius 1 is 1.25 bits per heavy atom. The van der Waals surface area contributed by atoms with Crippen molar-refractivity contribution in [3.8, 4) is 0 Å². The molecule has 0 spiro atoms. The molecular weight excluding hydrogens is 270 g/mol. The number of rotatable bonds is 2. The number of aromatic nitrogens is 1. The third kappa shape index (κ3) is 4.23. The molecule has 108 valence electrons. The molecule has 0 saturated carbocycles. The van der Waals surface area contributed by atoms with Crippen molar-refractivity contribution in [3.05, 3.63) is 36.0 Å². The summed E-state index contributed by atoms with van der Waals surface area (Å²) in [6.45, 7) is 10.4. The summed E-state index contributed by atoms with van der Waals surface area (Å²) in [5.74, 6) is -0.946. The van der Waals surface area contributed by atoms with Gasteiger partial charge in [-0.05, 0) is 12.1 Å². The fourth-order valence-electron chi connectivity index (χ4n) is 1.66. The molecule has 0 amide bonds. The van der Waals surface area contributed by atoms with E-state index in [2.05, 4.69) is 25.8 Å². The van der Waals surface area contributed by atoms with Crippen LogP contribution in [-0.2, 0) is 0 Å². The van der Waals surface area contributed by atoms with Gasteiger partial charge in [-0.25, -0.2) is 4.79 Å². The standard InChI is InChI=1S/C14H15NO2S.C2H6/c1-14(2,3)18-11-6-4-5-9-7-10(13(16)17)8-15-12(9)11;1-2/h4-8H,1-3H3,(H,16,17);1-2H3. The first-order valence-electron chi connectivity index (χ1n) is 6.68. The Morgan fingerprint density at radius 2 is 1.90 bits per heavy atom. The second-order valence-corrected chi connectivity index (χ2v) is 6.94. The molecule has 1 N–H and O–H groups in total. The van der Waals surface area contributed by atoms with Crippen molar-refractivity contribution in [2.24, 2.45) is 0 Å². The summed E-state index contributed by atoms with van der Waals surface area (Å²) in [7, 11) is 0. The fourth-order valence-corrected chi connectivity index (χ4v) is 2.74. The van der Waals surface area contributed by atoms with Crippen LogP contribution in [0.15, 0.2) is 35.4 Å². The van der Waals surface area contributed by atoms with Gasteiger partial charge in [0.05, 0.1) is 11.1 Å². The average Bonchev–Trinajstić information content (AvgIpc) is 2.39. The molecule has 1 aromatic carbocycles. The number of benzene rings is 1. The molecule has 2 aromatic rings. The summed E-state index contributed by atoms with van der Waals surface area (Å²) < 4.78 is 0.0986. The number of nitrogens with zero attached hydrogens (tertiary/aromatic N) is 1. The summed E-state index contributed by atoms with van der Waals surface area (Å²) >= 11 is 1.73. The second kappa shape index (κ2) is 6.75. The Labute approximate surface area is 124 Å². The topological polar surface area (TPSA) is 50.2 Å². The van der Waals surface area contributed by atoms with Crippen molar-refractivity contribution in [1.82, 2.24) is 4.98 Å². The van der Waals surface area contributed by atoms with Gasteiger partial charge in [-0.2, -0.15) is 0 Å². The normalized spacial score (nSPS) is 10.8. The van der Waals surface area contributed by atoms with Crippen LogP contribution in [0.25, 0.3) is 10.9 Å². The molecule has 0 radical (unpaired) electrons. The fraction of sp³-hybridized carbons (Fsp3) is 0.375. The SMILES string of the molecule is CC.CC(C)(C)Sc1cccc2cc(C(=O)O)cnc12. The van der Waals surface area contributed by atoms with E-state index in [0.29, 0.717) is 0 Å². The lowest BCUT2D eigenvalue weighted by molar-refractivity contribution is 0.0696. The van der Waals surface area contributed by atoms with Gasteiger partial charge in [0, 0.05) is 21.2 Å². The van der Waals surface area contributed by atoms with Gasteiger partial charge in [0.2, 0.25) is 0 Å². The van der Waals surface area contributed by atoms with Crippen molar-refractivity contribution >= 4 is 28.6 Å². The molecule has 4 heteroatoms. The minimum absolute atomic E-state index is 0.0986. The highest BCUT2D eigenvalue weighted by Crippen LogP contribution is 2.35. The molecule has 1 heterocycles. The molecule has 1 aromatic heterocycles. The van der Waals surface area contributed by atoms with Crippen LogP contribution >= 0.6 is 11.8 Å². The van der Waals surface area contributed by atoms with Crippen molar-refractivity contribution in [3.63, 3.8) is 0 Å². The first kappa shape index (κ1) is 16.5. The van der Waals surface area contributed by atoms with Crippen LogP contribution in [0.2, 0.25) is 0 Å². The van der Waals surface area contributed by atoms with Crippen LogP contribution in [0.4, 0.5) is 0 Å². The summed E-state index contributed by atoms with van der Waals surface area (Å²) in [5.41, 5.74) is 1.09. The highest BCUT2D eigenvalue weighted by Gasteiger charge is 2.15. The lowest BCUT2D eigenvalue weighted by Crippen LogP contribution is -2.07. The van der Waals surface area contributed by atoms with Crippen molar-refractivity contribution in [2.45, 2.75) is 44.3 Å². The largest absolute Gasteiger partial charge is 0.478 e. The van der Waals surface area contributed by atoms with E-state index in [9.17, 15) is 4.79 Å². The number of aromatic carboxylic acids is 1. The molecule has 0 aliphatic rings. The molecule has 0 aliphatic carbocycles. The number of thioether (sulfide) groups is 1. The number of para-hydroxylation sites is 1. The predicted octanol–water partition coefficient (Wildman–Crippen LogP) is 4.85. The van der Waals surface area contributed by atoms with Crippen LogP contribution < -0.4 is 0 Å². The van der Waals surface area contributed by atoms with Crippen LogP contribution in [0.3, 0.4) is 0 Å². The van der Waals surface area contributed by atoms with E-state index in [1.807, 2.05) is 32.0 Å². The quantitative estimate of drug-likeness (QED) is 0.804. The van der Waals surface area contributed by atoms with E-state index in [0.717, 1.165) is 15.8 Å². The monoisotopic (exact) mass is 291 g/mol. The highest BCUT2D eigenvalue weighted by atomic mass is 32.2. The highest BCUT2D eigenvalue weighted by molar-refractivity contribution is 8.00. The molecule has 3 nitrogen and oxygen atoms in total. The molecule has 2 rings (SSSR count). The van der Waals surface area contributed by atoms with Crippen LogP contribution in [-0.4, -0.2) is 20.8 Å². The third-order valence-corrected chi connectivity index (χ3v) is 3.50. The number of carbonyl (C=O) groups is 1. The van der Waals surface area contributed by atoms with Gasteiger partial charge >= 0.3 is 5.97 Å². The molecule has 20 heavy (non-hydrogen) atoms. The predicted molar refractivity (Wildman–Crippen MR) is 85.7 cm³/mol. The number of fused-ring (bicyclic) bond motifs is 1. The molecule has 0 unspecified atom stereocenters. The third-order valence-electron chi connectivity index (χ3n) is 2.34. The Hall–Kier alpha value is -1.55. The number of carboxylic acids is 1. The minimum Gasteiger partial charge on any atom is -0.478 e. The summed E-state index contributed by atoms with van der Waals surface area (Å²) in [6, 6.07) is 7.51. The van der Waals surface area contributed by atoms with Gasteiger partial charge in [0.15, 0.2) is 0 Å². The molecular formula is C16H21NO2S. The number of carboxylic acid groups (broad SMARTS) is 1. The van der Waals surface area contributed by atoms with Crippen molar-refractivity contribution < 1.29 is 9.90 Å². The zero-order valence-corrected chi connectivity index (χ0v) is 13.4. The molecule has 0 fully saturated rings. The van der Waals surface area contributed by atoms with Gasteiger partial charge < -0.3 is 5.11 Å². The van der Waals surface area contributed by atoms with E-state index in [4.69, 9.17) is 5.11 Å². The lowest BCUT2D eigenvalue weighted by atomic mass is 10.1. The van der Waals surface area contributed by atoms with Gasteiger partial charge in [0.25, 0.3) is 0 Å². The second-order valence-electron chi connectivity index (χ2n) is 5.07. The Morgan fingerprint density at radius 3 is 2.45 bits per heavy atom. The number of hydrogen-bond donors (Lipinski definition) is 1. The van der Waals surface area contributed by atoms with E-state index < -0.39 is 5.97 Å². The first-order valence-corrected chi connectivity index (χ1v) is 7.49. The molecule has 0 bridgehead atoms. The molecule has 0 atom stereocenters. The Kier molecular flexibility index (Phi) is 5.57. The molecule has 0 saturated heterocycles. The van der Waals surface area contributed by atoms with Crippen LogP contribution in [0.5, 0.6) is 0 Å². The summed E-state index contributed by atoms with van der Waals surface area (Å²) in [4.78, 5) is 16.3. The summed E-state index contributed by atoms with van der Waals surface area (Å²) in [6.07, 6.45) is 1.41. The lowest BCUT2D eigenvalue weighted by Gasteiger charge is -2.18. The zero-order valence-electron chi connectivity index (χ0n) is 12.6. The van der Waals surface area contributed by atoms with Crippen LogP contribution in [0.1, 0.15) is 45.0 Å². The van der Waals surface area contributed by atoms with Gasteiger partial charge in [-0.15, -0.1) is 11.8 Å². The van der Waals surface area contributed by atoms with Crippen LogP contribution in [0, 0.1) is 0 Å². The van der Waals surface area contributed by atoms with Gasteiger partial charge in [0.1, 0.15) is 0 Å².